The van der Waals surface area contributed by atoms with Crippen molar-refractivity contribution in [2.75, 3.05) is 26.3 Å². The Balaban J connectivity index is 0.00000161. The molecule has 2 heterocycles. The molecule has 0 aromatic heterocycles. The summed E-state index contributed by atoms with van der Waals surface area (Å²) in [4.78, 5) is 12.2. The molecule has 2 aliphatic rings. The quantitative estimate of drug-likeness (QED) is 0.895. The second-order valence-corrected chi connectivity index (χ2v) is 5.59. The van der Waals surface area contributed by atoms with Crippen LogP contribution in [0.15, 0.2) is 24.3 Å². The lowest BCUT2D eigenvalue weighted by atomic mass is 9.94. The van der Waals surface area contributed by atoms with Crippen LogP contribution in [0.2, 0.25) is 0 Å². The Morgan fingerprint density at radius 2 is 2.05 bits per heavy atom. The van der Waals surface area contributed by atoms with E-state index in [9.17, 15) is 4.79 Å². The summed E-state index contributed by atoms with van der Waals surface area (Å²) >= 11 is 0. The molecule has 0 bridgehead atoms. The molecule has 0 radical (unpaired) electrons. The molecule has 1 saturated heterocycles. The molecule has 5 heteroatoms. The summed E-state index contributed by atoms with van der Waals surface area (Å²) in [5, 5.41) is 6.60. The molecule has 2 N–H and O–H groups in total. The molecular weight excluding hydrogens is 288 g/mol. The number of carbonyl (C=O) groups excluding carboxylic acids is 1. The van der Waals surface area contributed by atoms with Crippen LogP contribution in [0.1, 0.15) is 30.0 Å². The lowest BCUT2D eigenvalue weighted by molar-refractivity contribution is -0.127. The molecule has 0 aliphatic carbocycles. The minimum atomic E-state index is 0. The Bertz CT molecular complexity index is 475. The largest absolute Gasteiger partial charge is 0.381 e. The summed E-state index contributed by atoms with van der Waals surface area (Å²) in [5.41, 5.74) is 2.72. The van der Waals surface area contributed by atoms with Crippen molar-refractivity contribution in [1.82, 2.24) is 10.6 Å². The number of hydrogen-bond acceptors (Lipinski definition) is 3. The number of nitrogens with one attached hydrogen (secondary N) is 2. The first-order valence-electron chi connectivity index (χ1n) is 7.51. The van der Waals surface area contributed by atoms with Gasteiger partial charge in [-0.15, -0.1) is 12.4 Å². The zero-order valence-corrected chi connectivity index (χ0v) is 13.0. The lowest BCUT2D eigenvalue weighted by Gasteiger charge is -2.28. The number of carbonyl (C=O) groups is 1. The third-order valence-corrected chi connectivity index (χ3v) is 4.29. The van der Waals surface area contributed by atoms with E-state index in [4.69, 9.17) is 4.74 Å². The predicted octanol–water partition coefficient (Wildman–Crippen LogP) is 1.84. The standard InChI is InChI=1S/C16H22N2O2.ClH/c19-16(13-6-9-20-10-7-13)18-11-15-14-4-2-1-3-12(14)5-8-17-15;/h1-4,13,15,17H,5-11H2,(H,18,19);1H. The van der Waals surface area contributed by atoms with E-state index in [1.54, 1.807) is 0 Å². The van der Waals surface area contributed by atoms with Crippen LogP contribution >= 0.6 is 12.4 Å². The number of rotatable bonds is 3. The summed E-state index contributed by atoms with van der Waals surface area (Å²) in [6.07, 6.45) is 2.77. The van der Waals surface area contributed by atoms with Crippen LogP contribution in [0.25, 0.3) is 0 Å². The molecule has 21 heavy (non-hydrogen) atoms. The van der Waals surface area contributed by atoms with Crippen molar-refractivity contribution < 1.29 is 9.53 Å². The number of benzene rings is 1. The number of amides is 1. The van der Waals surface area contributed by atoms with Crippen LogP contribution in [0.3, 0.4) is 0 Å². The van der Waals surface area contributed by atoms with E-state index in [0.717, 1.165) is 25.8 Å². The number of hydrogen-bond donors (Lipinski definition) is 2. The third-order valence-electron chi connectivity index (χ3n) is 4.29. The Morgan fingerprint density at radius 3 is 2.86 bits per heavy atom. The monoisotopic (exact) mass is 310 g/mol. The van der Waals surface area contributed by atoms with Gasteiger partial charge < -0.3 is 15.4 Å². The van der Waals surface area contributed by atoms with Crippen LogP contribution in [-0.4, -0.2) is 32.2 Å². The molecule has 2 aliphatic heterocycles. The normalized spacial score (nSPS) is 22.0. The van der Waals surface area contributed by atoms with Crippen molar-refractivity contribution in [2.45, 2.75) is 25.3 Å². The lowest BCUT2D eigenvalue weighted by Crippen LogP contribution is -2.41. The summed E-state index contributed by atoms with van der Waals surface area (Å²) in [7, 11) is 0. The zero-order chi connectivity index (χ0) is 13.8. The summed E-state index contributed by atoms with van der Waals surface area (Å²) in [6, 6.07) is 8.74. The predicted molar refractivity (Wildman–Crippen MR) is 84.7 cm³/mol. The molecule has 1 fully saturated rings. The highest BCUT2D eigenvalue weighted by Crippen LogP contribution is 2.22. The van der Waals surface area contributed by atoms with Crippen molar-refractivity contribution in [3.05, 3.63) is 35.4 Å². The smallest absolute Gasteiger partial charge is 0.223 e. The van der Waals surface area contributed by atoms with Gasteiger partial charge in [-0.2, -0.15) is 0 Å². The molecule has 0 spiro atoms. The molecular formula is C16H23ClN2O2. The minimum Gasteiger partial charge on any atom is -0.381 e. The van der Waals surface area contributed by atoms with E-state index in [1.807, 2.05) is 0 Å². The maximum Gasteiger partial charge on any atom is 0.223 e. The highest BCUT2D eigenvalue weighted by Gasteiger charge is 2.24. The van der Waals surface area contributed by atoms with Gasteiger partial charge in [0.05, 0.1) is 0 Å². The van der Waals surface area contributed by atoms with E-state index >= 15 is 0 Å². The van der Waals surface area contributed by atoms with Gasteiger partial charge in [-0.3, -0.25) is 4.79 Å². The van der Waals surface area contributed by atoms with Crippen LogP contribution in [0.4, 0.5) is 0 Å². The zero-order valence-electron chi connectivity index (χ0n) is 12.1. The van der Waals surface area contributed by atoms with Crippen molar-refractivity contribution in [1.29, 1.82) is 0 Å². The number of fused-ring (bicyclic) bond motifs is 1. The van der Waals surface area contributed by atoms with Gasteiger partial charge in [0.15, 0.2) is 0 Å². The molecule has 4 nitrogen and oxygen atoms in total. The van der Waals surface area contributed by atoms with Gasteiger partial charge in [-0.05, 0) is 36.9 Å². The van der Waals surface area contributed by atoms with Gasteiger partial charge in [0.25, 0.3) is 0 Å². The second kappa shape index (κ2) is 7.78. The molecule has 0 saturated carbocycles. The van der Waals surface area contributed by atoms with Crippen LogP contribution < -0.4 is 10.6 Å². The average molecular weight is 311 g/mol. The Kier molecular flexibility index (Phi) is 6.03. The fourth-order valence-corrected chi connectivity index (χ4v) is 3.08. The summed E-state index contributed by atoms with van der Waals surface area (Å²) in [6.45, 7) is 3.08. The highest BCUT2D eigenvalue weighted by atomic mass is 35.5. The van der Waals surface area contributed by atoms with E-state index in [1.165, 1.54) is 11.1 Å². The molecule has 1 aromatic carbocycles. The first-order valence-corrected chi connectivity index (χ1v) is 7.51. The summed E-state index contributed by atoms with van der Waals surface area (Å²) in [5.74, 6) is 0.306. The summed E-state index contributed by atoms with van der Waals surface area (Å²) < 4.78 is 5.30. The Labute approximate surface area is 132 Å². The van der Waals surface area contributed by atoms with Gasteiger partial charge in [0, 0.05) is 31.7 Å². The molecule has 3 rings (SSSR count). The first kappa shape index (κ1) is 16.3. The van der Waals surface area contributed by atoms with Gasteiger partial charge in [0.1, 0.15) is 0 Å². The van der Waals surface area contributed by atoms with Crippen molar-refractivity contribution in [3.8, 4) is 0 Å². The molecule has 1 amide bonds. The van der Waals surface area contributed by atoms with Crippen LogP contribution in [0, 0.1) is 5.92 Å². The number of halogens is 1. The highest BCUT2D eigenvalue weighted by molar-refractivity contribution is 5.85. The molecule has 1 unspecified atom stereocenters. The molecule has 1 atom stereocenters. The molecule has 116 valence electrons. The maximum atomic E-state index is 12.2. The average Bonchev–Trinajstić information content (AvgIpc) is 2.53. The second-order valence-electron chi connectivity index (χ2n) is 5.59. The minimum absolute atomic E-state index is 0. The van der Waals surface area contributed by atoms with Crippen molar-refractivity contribution >= 4 is 18.3 Å². The van der Waals surface area contributed by atoms with Crippen molar-refractivity contribution in [3.63, 3.8) is 0 Å². The topological polar surface area (TPSA) is 50.4 Å². The third kappa shape index (κ3) is 3.96. The van der Waals surface area contributed by atoms with Crippen LogP contribution in [-0.2, 0) is 16.0 Å². The fourth-order valence-electron chi connectivity index (χ4n) is 3.08. The van der Waals surface area contributed by atoms with Crippen LogP contribution in [0.5, 0.6) is 0 Å². The molecule has 1 aromatic rings. The van der Waals surface area contributed by atoms with Gasteiger partial charge in [-0.1, -0.05) is 24.3 Å². The van der Waals surface area contributed by atoms with Gasteiger partial charge >= 0.3 is 0 Å². The maximum absolute atomic E-state index is 12.2. The SMILES string of the molecule is Cl.O=C(NCC1NCCc2ccccc21)C1CCOCC1. The Hall–Kier alpha value is -1.10. The van der Waals surface area contributed by atoms with Gasteiger partial charge in [0.2, 0.25) is 5.91 Å². The van der Waals surface area contributed by atoms with E-state index in [-0.39, 0.29) is 30.3 Å². The van der Waals surface area contributed by atoms with E-state index in [0.29, 0.717) is 19.8 Å². The van der Waals surface area contributed by atoms with E-state index in [2.05, 4.69) is 34.9 Å². The van der Waals surface area contributed by atoms with Crippen molar-refractivity contribution in [2.24, 2.45) is 5.92 Å². The first-order chi connectivity index (χ1) is 9.84. The number of ether oxygens (including phenoxy) is 1. The Morgan fingerprint density at radius 1 is 1.29 bits per heavy atom. The fraction of sp³-hybridized carbons (Fsp3) is 0.562. The van der Waals surface area contributed by atoms with Gasteiger partial charge in [-0.25, -0.2) is 0 Å². The van der Waals surface area contributed by atoms with E-state index < -0.39 is 0 Å².